The van der Waals surface area contributed by atoms with Gasteiger partial charge < -0.3 is 16.4 Å². The maximum Gasteiger partial charge on any atom is 0.253 e. The highest BCUT2D eigenvalue weighted by molar-refractivity contribution is 5.93. The van der Waals surface area contributed by atoms with Gasteiger partial charge in [-0.1, -0.05) is 6.07 Å². The van der Waals surface area contributed by atoms with E-state index in [0.717, 1.165) is 33.6 Å². The average Bonchev–Trinajstić information content (AvgIpc) is 2.78. The van der Waals surface area contributed by atoms with Crippen molar-refractivity contribution < 1.29 is 9.59 Å². The molecule has 0 saturated carbocycles. The summed E-state index contributed by atoms with van der Waals surface area (Å²) in [7, 11) is 0. The van der Waals surface area contributed by atoms with E-state index in [-0.39, 0.29) is 18.2 Å². The molecule has 7 heteroatoms. The van der Waals surface area contributed by atoms with Crippen molar-refractivity contribution in [3.05, 3.63) is 77.4 Å². The molecule has 2 heterocycles. The van der Waals surface area contributed by atoms with Crippen LogP contribution >= 0.6 is 0 Å². The summed E-state index contributed by atoms with van der Waals surface area (Å²) in [6.45, 7) is 4.93. The molecule has 0 atom stereocenters. The smallest absolute Gasteiger partial charge is 0.253 e. The van der Waals surface area contributed by atoms with Crippen molar-refractivity contribution in [2.75, 3.05) is 18.4 Å². The van der Waals surface area contributed by atoms with Crippen molar-refractivity contribution in [3.8, 4) is 11.1 Å². The number of ketones is 1. The number of aryl methyl sites for hydroxylation is 2. The summed E-state index contributed by atoms with van der Waals surface area (Å²) in [5, 5.41) is 6.09. The number of nitrogens with one attached hydrogen (secondary N) is 2. The number of aromatic nitrogens is 2. The van der Waals surface area contributed by atoms with Gasteiger partial charge in [-0.15, -0.1) is 0 Å². The minimum Gasteiger partial charge on any atom is -0.378 e. The topological polar surface area (TPSA) is 110 Å². The number of hydrogen-bond acceptors (Lipinski definition) is 6. The second-order valence-electron chi connectivity index (χ2n) is 7.35. The predicted molar refractivity (Wildman–Crippen MR) is 122 cm³/mol. The quantitative estimate of drug-likeness (QED) is 0.494. The Bertz CT molecular complexity index is 1070. The highest BCUT2D eigenvalue weighted by Gasteiger charge is 2.10. The fourth-order valence-electron chi connectivity index (χ4n) is 3.17. The van der Waals surface area contributed by atoms with Crippen molar-refractivity contribution in [1.29, 1.82) is 0 Å². The summed E-state index contributed by atoms with van der Waals surface area (Å²) in [4.78, 5) is 32.5. The molecule has 1 amide bonds. The van der Waals surface area contributed by atoms with Crippen LogP contribution in [0.4, 0.5) is 5.69 Å². The zero-order valence-electron chi connectivity index (χ0n) is 17.8. The number of amides is 1. The highest BCUT2D eigenvalue weighted by Crippen LogP contribution is 2.26. The number of nitrogens with zero attached hydrogens (tertiary/aromatic N) is 2. The van der Waals surface area contributed by atoms with E-state index in [1.807, 2.05) is 38.2 Å². The Balaban J connectivity index is 1.71. The Morgan fingerprint density at radius 2 is 1.90 bits per heavy atom. The Morgan fingerprint density at radius 3 is 2.61 bits per heavy atom. The van der Waals surface area contributed by atoms with Gasteiger partial charge in [-0.3, -0.25) is 19.6 Å². The van der Waals surface area contributed by atoms with Gasteiger partial charge in [0.15, 0.2) is 5.78 Å². The number of anilines is 1. The molecule has 0 bridgehead atoms. The van der Waals surface area contributed by atoms with Crippen LogP contribution in [0.2, 0.25) is 0 Å². The molecule has 7 nitrogen and oxygen atoms in total. The van der Waals surface area contributed by atoms with Gasteiger partial charge in [0, 0.05) is 48.5 Å². The maximum absolute atomic E-state index is 12.3. The SMILES string of the molecule is Cc1cc(-c2cnc(C)c(CNC(=O)c3cccnc3)c2)ccc1NCC(=O)CCN. The summed E-state index contributed by atoms with van der Waals surface area (Å²) in [6, 6.07) is 11.5. The second-order valence-corrected chi connectivity index (χ2v) is 7.35. The number of carbonyl (C=O) groups excluding carboxylic acids is 2. The molecular weight excluding hydrogens is 390 g/mol. The van der Waals surface area contributed by atoms with Crippen molar-refractivity contribution in [3.63, 3.8) is 0 Å². The number of pyridine rings is 2. The van der Waals surface area contributed by atoms with E-state index in [1.165, 1.54) is 0 Å². The first-order chi connectivity index (χ1) is 15.0. The number of nitrogens with two attached hydrogens (primary N) is 1. The molecule has 0 fully saturated rings. The standard InChI is InChI=1S/C24H27N5O2/c1-16-10-18(5-6-23(16)28-15-22(30)7-8-25)21-11-20(17(2)27-14-21)13-29-24(31)19-4-3-9-26-12-19/h3-6,9-12,14,28H,7-8,13,15,25H2,1-2H3,(H,29,31). The van der Waals surface area contributed by atoms with Crippen LogP contribution in [0.25, 0.3) is 11.1 Å². The third-order valence-electron chi connectivity index (χ3n) is 5.01. The van der Waals surface area contributed by atoms with Crippen molar-refractivity contribution in [1.82, 2.24) is 15.3 Å². The van der Waals surface area contributed by atoms with Gasteiger partial charge in [0.25, 0.3) is 5.91 Å². The van der Waals surface area contributed by atoms with E-state index >= 15 is 0 Å². The molecular formula is C24H27N5O2. The first-order valence-corrected chi connectivity index (χ1v) is 10.2. The Hall–Kier alpha value is -3.58. The lowest BCUT2D eigenvalue weighted by Gasteiger charge is -2.13. The minimum absolute atomic E-state index is 0.0895. The third kappa shape index (κ3) is 5.96. The van der Waals surface area contributed by atoms with E-state index in [1.54, 1.807) is 24.5 Å². The van der Waals surface area contributed by atoms with E-state index in [4.69, 9.17) is 5.73 Å². The van der Waals surface area contributed by atoms with E-state index in [2.05, 4.69) is 26.7 Å². The third-order valence-corrected chi connectivity index (χ3v) is 5.01. The molecule has 0 saturated heterocycles. The summed E-state index contributed by atoms with van der Waals surface area (Å²) in [5.41, 5.74) is 11.7. The monoisotopic (exact) mass is 417 g/mol. The number of hydrogen-bond donors (Lipinski definition) is 3. The summed E-state index contributed by atoms with van der Waals surface area (Å²) in [5.74, 6) is -0.0833. The molecule has 0 unspecified atom stereocenters. The molecule has 3 rings (SSSR count). The fraction of sp³-hybridized carbons (Fsp3) is 0.250. The van der Waals surface area contributed by atoms with Gasteiger partial charge in [0.2, 0.25) is 0 Å². The van der Waals surface area contributed by atoms with E-state index in [9.17, 15) is 9.59 Å². The lowest BCUT2D eigenvalue weighted by Crippen LogP contribution is -2.23. The Morgan fingerprint density at radius 1 is 1.06 bits per heavy atom. The zero-order valence-corrected chi connectivity index (χ0v) is 17.8. The molecule has 1 aromatic carbocycles. The zero-order chi connectivity index (χ0) is 22.2. The summed E-state index contributed by atoms with van der Waals surface area (Å²) >= 11 is 0. The van der Waals surface area contributed by atoms with Gasteiger partial charge in [0.1, 0.15) is 0 Å². The molecule has 3 aromatic rings. The van der Waals surface area contributed by atoms with Crippen LogP contribution in [0.3, 0.4) is 0 Å². The Kier molecular flexibility index (Phi) is 7.45. The van der Waals surface area contributed by atoms with Gasteiger partial charge in [-0.25, -0.2) is 0 Å². The molecule has 31 heavy (non-hydrogen) atoms. The average molecular weight is 418 g/mol. The van der Waals surface area contributed by atoms with Crippen molar-refractivity contribution in [2.24, 2.45) is 5.73 Å². The van der Waals surface area contributed by atoms with Crippen LogP contribution in [0.15, 0.2) is 55.0 Å². The van der Waals surface area contributed by atoms with Crippen LogP contribution in [-0.2, 0) is 11.3 Å². The lowest BCUT2D eigenvalue weighted by molar-refractivity contribution is -0.117. The molecule has 0 radical (unpaired) electrons. The molecule has 0 aliphatic carbocycles. The number of benzene rings is 1. The first-order valence-electron chi connectivity index (χ1n) is 10.2. The normalized spacial score (nSPS) is 10.5. The fourth-order valence-corrected chi connectivity index (χ4v) is 3.17. The van der Waals surface area contributed by atoms with Crippen LogP contribution in [-0.4, -0.2) is 34.7 Å². The second kappa shape index (κ2) is 10.4. The van der Waals surface area contributed by atoms with E-state index < -0.39 is 0 Å². The predicted octanol–water partition coefficient (Wildman–Crippen LogP) is 3.02. The summed E-state index contributed by atoms with van der Waals surface area (Å²) in [6.07, 6.45) is 5.38. The van der Waals surface area contributed by atoms with Crippen LogP contribution in [0, 0.1) is 13.8 Å². The molecule has 160 valence electrons. The van der Waals surface area contributed by atoms with Crippen LogP contribution in [0.5, 0.6) is 0 Å². The molecule has 0 aliphatic heterocycles. The van der Waals surface area contributed by atoms with Gasteiger partial charge >= 0.3 is 0 Å². The van der Waals surface area contributed by atoms with Gasteiger partial charge in [0.05, 0.1) is 12.1 Å². The number of Topliss-reactive ketones (excluding diaryl/α,β-unsaturated/α-hetero) is 1. The van der Waals surface area contributed by atoms with Crippen LogP contribution in [0.1, 0.15) is 33.6 Å². The maximum atomic E-state index is 12.3. The molecule has 2 aromatic heterocycles. The first kappa shape index (κ1) is 22.1. The van der Waals surface area contributed by atoms with Crippen molar-refractivity contribution >= 4 is 17.4 Å². The van der Waals surface area contributed by atoms with Gasteiger partial charge in [-0.05, 0) is 67.4 Å². The number of carbonyl (C=O) groups is 2. The van der Waals surface area contributed by atoms with Crippen molar-refractivity contribution in [2.45, 2.75) is 26.8 Å². The van der Waals surface area contributed by atoms with Gasteiger partial charge in [-0.2, -0.15) is 0 Å². The largest absolute Gasteiger partial charge is 0.378 e. The minimum atomic E-state index is -0.173. The van der Waals surface area contributed by atoms with E-state index in [0.29, 0.717) is 25.1 Å². The Labute approximate surface area is 182 Å². The molecule has 0 spiro atoms. The van der Waals surface area contributed by atoms with Crippen LogP contribution < -0.4 is 16.4 Å². The number of rotatable bonds is 9. The highest BCUT2D eigenvalue weighted by atomic mass is 16.1. The lowest BCUT2D eigenvalue weighted by atomic mass is 10.0. The molecule has 4 N–H and O–H groups in total. The molecule has 0 aliphatic rings. The summed E-state index contributed by atoms with van der Waals surface area (Å²) < 4.78 is 0.